The Morgan fingerprint density at radius 3 is 1.57 bits per heavy atom. The van der Waals surface area contributed by atoms with Gasteiger partial charge in [-0.2, -0.15) is 0 Å². The fourth-order valence-corrected chi connectivity index (χ4v) is 8.10. The molecule has 0 amide bonds. The van der Waals surface area contributed by atoms with Crippen LogP contribution in [-0.4, -0.2) is 0 Å². The summed E-state index contributed by atoms with van der Waals surface area (Å²) < 4.78 is 0. The van der Waals surface area contributed by atoms with E-state index in [4.69, 9.17) is 0 Å². The molecule has 0 aliphatic heterocycles. The first-order valence-electron chi connectivity index (χ1n) is 18.3. The van der Waals surface area contributed by atoms with Gasteiger partial charge < -0.3 is 4.90 Å². The summed E-state index contributed by atoms with van der Waals surface area (Å²) in [5, 5.41) is 10.1. The molecule has 1 heteroatoms. The normalized spacial score (nSPS) is 11.4. The monoisotopic (exact) mass is 673 g/mol. The van der Waals surface area contributed by atoms with Gasteiger partial charge in [0.05, 0.1) is 11.4 Å². The van der Waals surface area contributed by atoms with E-state index in [0.717, 1.165) is 17.1 Å². The molecule has 1 nitrogen and oxygen atoms in total. The number of para-hydroxylation sites is 1. The van der Waals surface area contributed by atoms with Crippen molar-refractivity contribution in [3.8, 4) is 33.4 Å². The van der Waals surface area contributed by atoms with Crippen LogP contribution in [-0.2, 0) is 0 Å². The maximum Gasteiger partial charge on any atom is 0.0540 e. The minimum atomic E-state index is 1.11. The fraction of sp³-hybridized carbons (Fsp3) is 0. The van der Waals surface area contributed by atoms with Gasteiger partial charge in [0.2, 0.25) is 0 Å². The van der Waals surface area contributed by atoms with Crippen molar-refractivity contribution in [2.24, 2.45) is 0 Å². The zero-order valence-corrected chi connectivity index (χ0v) is 29.2. The van der Waals surface area contributed by atoms with E-state index in [9.17, 15) is 0 Å². The number of benzene rings is 10. The van der Waals surface area contributed by atoms with Crippen LogP contribution in [0, 0.1) is 0 Å². The molecule has 0 aliphatic carbocycles. The number of hydrogen-bond acceptors (Lipinski definition) is 1. The zero-order valence-electron chi connectivity index (χ0n) is 29.2. The van der Waals surface area contributed by atoms with E-state index in [1.54, 1.807) is 0 Å². The summed E-state index contributed by atoms with van der Waals surface area (Å²) in [5.74, 6) is 0. The molecular weight excluding hydrogens is 639 g/mol. The molecule has 0 atom stereocenters. The van der Waals surface area contributed by atoms with Gasteiger partial charge in [-0.3, -0.25) is 0 Å². The Bertz CT molecular complexity index is 2930. The van der Waals surface area contributed by atoms with Crippen molar-refractivity contribution in [2.75, 3.05) is 4.90 Å². The predicted molar refractivity (Wildman–Crippen MR) is 227 cm³/mol. The second-order valence-corrected chi connectivity index (χ2v) is 13.7. The highest BCUT2D eigenvalue weighted by Gasteiger charge is 2.20. The maximum atomic E-state index is 2.43. The third-order valence-corrected chi connectivity index (χ3v) is 10.7. The molecule has 248 valence electrons. The Morgan fingerprint density at radius 2 is 0.792 bits per heavy atom. The summed E-state index contributed by atoms with van der Waals surface area (Å²) in [6.07, 6.45) is 0. The molecule has 10 rings (SSSR count). The van der Waals surface area contributed by atoms with Gasteiger partial charge in [0, 0.05) is 16.6 Å². The van der Waals surface area contributed by atoms with Crippen molar-refractivity contribution in [1.82, 2.24) is 0 Å². The summed E-state index contributed by atoms with van der Waals surface area (Å²) >= 11 is 0. The van der Waals surface area contributed by atoms with Gasteiger partial charge >= 0.3 is 0 Å². The van der Waals surface area contributed by atoms with Crippen molar-refractivity contribution in [3.05, 3.63) is 212 Å². The quantitative estimate of drug-likeness (QED) is 0.159. The first kappa shape index (κ1) is 30.8. The molecule has 0 radical (unpaired) electrons. The molecule has 0 unspecified atom stereocenters. The third-order valence-electron chi connectivity index (χ3n) is 10.7. The van der Waals surface area contributed by atoms with Crippen molar-refractivity contribution in [2.45, 2.75) is 0 Å². The maximum absolute atomic E-state index is 2.43. The third kappa shape index (κ3) is 5.42. The minimum absolute atomic E-state index is 1.11. The number of anilines is 3. The Kier molecular flexibility index (Phi) is 7.55. The van der Waals surface area contributed by atoms with Crippen LogP contribution in [0.3, 0.4) is 0 Å². The predicted octanol–water partition coefficient (Wildman–Crippen LogP) is 14.8. The molecule has 0 saturated carbocycles. The molecule has 0 saturated heterocycles. The Hall–Kier alpha value is -6.96. The fourth-order valence-electron chi connectivity index (χ4n) is 8.10. The van der Waals surface area contributed by atoms with Crippen molar-refractivity contribution < 1.29 is 0 Å². The molecule has 10 aromatic rings. The van der Waals surface area contributed by atoms with Crippen LogP contribution in [0.5, 0.6) is 0 Å². The highest BCUT2D eigenvalue weighted by atomic mass is 15.1. The van der Waals surface area contributed by atoms with Gasteiger partial charge in [-0.25, -0.2) is 0 Å². The summed E-state index contributed by atoms with van der Waals surface area (Å²) in [4.78, 5) is 2.43. The van der Waals surface area contributed by atoms with Crippen molar-refractivity contribution in [3.63, 3.8) is 0 Å². The van der Waals surface area contributed by atoms with Gasteiger partial charge in [-0.1, -0.05) is 182 Å². The second-order valence-electron chi connectivity index (χ2n) is 13.7. The van der Waals surface area contributed by atoms with E-state index in [1.807, 2.05) is 0 Å². The van der Waals surface area contributed by atoms with Gasteiger partial charge in [-0.15, -0.1) is 0 Å². The molecule has 0 spiro atoms. The van der Waals surface area contributed by atoms with E-state index in [-0.39, 0.29) is 0 Å². The number of hydrogen-bond donors (Lipinski definition) is 0. The van der Waals surface area contributed by atoms with Crippen LogP contribution in [0.4, 0.5) is 17.1 Å². The van der Waals surface area contributed by atoms with E-state index < -0.39 is 0 Å². The average molecular weight is 674 g/mol. The number of fused-ring (bicyclic) bond motifs is 6. The Morgan fingerprint density at radius 1 is 0.245 bits per heavy atom. The van der Waals surface area contributed by atoms with E-state index in [0.29, 0.717) is 0 Å². The molecule has 0 aliphatic rings. The summed E-state index contributed by atoms with van der Waals surface area (Å²) in [7, 11) is 0. The first-order chi connectivity index (χ1) is 26.3. The topological polar surface area (TPSA) is 3.24 Å². The second kappa shape index (κ2) is 13.0. The highest BCUT2D eigenvalue weighted by molar-refractivity contribution is 6.18. The SMILES string of the molecule is c1ccc(-c2ccc(N(c3ccccc3-c3ccccc3)c3ccc(-c4ccc5c(ccc6c7ccccc7ccc56)c4)c4ccccc34)cc2)cc1. The smallest absolute Gasteiger partial charge is 0.0540 e. The molecule has 10 aromatic carbocycles. The van der Waals surface area contributed by atoms with Crippen molar-refractivity contribution >= 4 is 60.2 Å². The lowest BCUT2D eigenvalue weighted by atomic mass is 9.92. The van der Waals surface area contributed by atoms with E-state index in [2.05, 4.69) is 217 Å². The Balaban J connectivity index is 1.14. The lowest BCUT2D eigenvalue weighted by Crippen LogP contribution is -2.12. The van der Waals surface area contributed by atoms with E-state index >= 15 is 0 Å². The minimum Gasteiger partial charge on any atom is -0.309 e. The number of rotatable bonds is 6. The molecule has 0 N–H and O–H groups in total. The van der Waals surface area contributed by atoms with Gasteiger partial charge in [0.1, 0.15) is 0 Å². The van der Waals surface area contributed by atoms with Gasteiger partial charge in [0.15, 0.2) is 0 Å². The average Bonchev–Trinajstić information content (AvgIpc) is 3.24. The lowest BCUT2D eigenvalue weighted by molar-refractivity contribution is 1.30. The molecule has 0 fully saturated rings. The van der Waals surface area contributed by atoms with Crippen LogP contribution < -0.4 is 4.90 Å². The van der Waals surface area contributed by atoms with Crippen LogP contribution in [0.1, 0.15) is 0 Å². The first-order valence-corrected chi connectivity index (χ1v) is 18.3. The number of nitrogens with zero attached hydrogens (tertiary/aromatic N) is 1. The van der Waals surface area contributed by atoms with Crippen LogP contribution in [0.2, 0.25) is 0 Å². The largest absolute Gasteiger partial charge is 0.309 e. The molecule has 0 heterocycles. The molecule has 53 heavy (non-hydrogen) atoms. The lowest BCUT2D eigenvalue weighted by Gasteiger charge is -2.29. The molecular formula is C52H35N. The van der Waals surface area contributed by atoms with E-state index in [1.165, 1.54) is 76.5 Å². The van der Waals surface area contributed by atoms with Crippen molar-refractivity contribution in [1.29, 1.82) is 0 Å². The van der Waals surface area contributed by atoms with Gasteiger partial charge in [-0.05, 0) is 95.9 Å². The van der Waals surface area contributed by atoms with Gasteiger partial charge in [0.25, 0.3) is 0 Å². The summed E-state index contributed by atoms with van der Waals surface area (Å²) in [6, 6.07) is 77.2. The standard InChI is InChI=1S/C52H35N/c1-3-13-36(14-4-1)37-23-28-42(29-24-37)53(51-22-12-11-19-46(51)38-15-5-2-6-16-38)52-34-33-45(47-20-9-10-21-50(47)52)40-26-30-44-41(35-40)27-32-48-43-18-8-7-17-39(43)25-31-49(44)48/h1-35H. The zero-order chi connectivity index (χ0) is 35.1. The summed E-state index contributed by atoms with van der Waals surface area (Å²) in [5.41, 5.74) is 10.6. The Labute approximate surface area is 309 Å². The van der Waals surface area contributed by atoms with Crippen LogP contribution in [0.15, 0.2) is 212 Å². The molecule has 0 bridgehead atoms. The van der Waals surface area contributed by atoms with Crippen LogP contribution >= 0.6 is 0 Å². The van der Waals surface area contributed by atoms with Crippen LogP contribution in [0.25, 0.3) is 76.5 Å². The molecule has 0 aromatic heterocycles. The summed E-state index contributed by atoms with van der Waals surface area (Å²) in [6.45, 7) is 0. The highest BCUT2D eigenvalue weighted by Crippen LogP contribution is 2.46.